The van der Waals surface area contributed by atoms with Crippen LogP contribution in [0.3, 0.4) is 0 Å². The van der Waals surface area contributed by atoms with Crippen molar-refractivity contribution in [3.63, 3.8) is 0 Å². The maximum Gasteiger partial charge on any atom is 0.248 e. The second kappa shape index (κ2) is 6.35. The normalized spacial score (nSPS) is 12.6. The largest absolute Gasteiger partial charge is 0.381 e. The summed E-state index contributed by atoms with van der Waals surface area (Å²) in [7, 11) is 1.69. The van der Waals surface area contributed by atoms with Gasteiger partial charge in [-0.1, -0.05) is 11.6 Å². The standard InChI is InChI=1S/C11H15ClN4O3/c1-6-7(10(12)16(2)15-6)3-4-9(18)14-5-8(17)11(13)19/h3-4,8,17H,5H2,1-2H3,(H2,13,19)(H,14,18)/b4-3+. The number of nitrogens with one attached hydrogen (secondary N) is 1. The van der Waals surface area contributed by atoms with E-state index in [1.54, 1.807) is 14.0 Å². The summed E-state index contributed by atoms with van der Waals surface area (Å²) in [5.74, 6) is -1.37. The molecule has 0 saturated carbocycles. The molecule has 8 heteroatoms. The van der Waals surface area contributed by atoms with E-state index in [9.17, 15) is 9.59 Å². The van der Waals surface area contributed by atoms with Crippen molar-refractivity contribution in [3.05, 3.63) is 22.5 Å². The van der Waals surface area contributed by atoms with Crippen molar-refractivity contribution in [1.29, 1.82) is 0 Å². The first-order valence-corrected chi connectivity index (χ1v) is 5.83. The first-order valence-electron chi connectivity index (χ1n) is 5.45. The van der Waals surface area contributed by atoms with E-state index in [0.717, 1.165) is 0 Å². The van der Waals surface area contributed by atoms with Crippen molar-refractivity contribution in [2.24, 2.45) is 12.8 Å². The van der Waals surface area contributed by atoms with Crippen LogP contribution in [0.15, 0.2) is 6.08 Å². The number of amides is 2. The van der Waals surface area contributed by atoms with Gasteiger partial charge in [0, 0.05) is 18.7 Å². The number of carbonyl (C=O) groups is 2. The molecule has 1 atom stereocenters. The number of aliphatic hydroxyl groups is 1. The molecule has 2 amide bonds. The highest BCUT2D eigenvalue weighted by Gasteiger charge is 2.11. The molecule has 1 unspecified atom stereocenters. The van der Waals surface area contributed by atoms with Crippen LogP contribution in [-0.2, 0) is 16.6 Å². The van der Waals surface area contributed by atoms with Crippen LogP contribution in [0.5, 0.6) is 0 Å². The molecule has 4 N–H and O–H groups in total. The van der Waals surface area contributed by atoms with Crippen molar-refractivity contribution >= 4 is 29.5 Å². The molecule has 1 heterocycles. The number of nitrogens with two attached hydrogens (primary N) is 1. The molecule has 104 valence electrons. The number of aryl methyl sites for hydroxylation is 2. The maximum absolute atomic E-state index is 11.4. The van der Waals surface area contributed by atoms with Crippen LogP contribution in [0.1, 0.15) is 11.3 Å². The molecular formula is C11H15ClN4O3. The van der Waals surface area contributed by atoms with Gasteiger partial charge in [-0.15, -0.1) is 0 Å². The van der Waals surface area contributed by atoms with E-state index in [1.165, 1.54) is 16.8 Å². The Hall–Kier alpha value is -1.86. The number of nitrogens with zero attached hydrogens (tertiary/aromatic N) is 2. The van der Waals surface area contributed by atoms with Gasteiger partial charge in [0.15, 0.2) is 0 Å². The number of aromatic nitrogens is 2. The lowest BCUT2D eigenvalue weighted by atomic mass is 10.2. The molecule has 19 heavy (non-hydrogen) atoms. The van der Waals surface area contributed by atoms with Crippen molar-refractivity contribution < 1.29 is 14.7 Å². The Morgan fingerprint density at radius 2 is 2.26 bits per heavy atom. The fourth-order valence-corrected chi connectivity index (χ4v) is 1.59. The van der Waals surface area contributed by atoms with Gasteiger partial charge in [-0.25, -0.2) is 0 Å². The van der Waals surface area contributed by atoms with Crippen molar-refractivity contribution in [3.8, 4) is 0 Å². The molecule has 0 aliphatic heterocycles. The summed E-state index contributed by atoms with van der Waals surface area (Å²) >= 11 is 5.98. The van der Waals surface area contributed by atoms with Crippen molar-refractivity contribution in [2.75, 3.05) is 6.54 Å². The number of rotatable bonds is 5. The van der Waals surface area contributed by atoms with Crippen LogP contribution in [0, 0.1) is 6.92 Å². The zero-order chi connectivity index (χ0) is 14.6. The lowest BCUT2D eigenvalue weighted by molar-refractivity contribution is -0.126. The summed E-state index contributed by atoms with van der Waals surface area (Å²) in [5.41, 5.74) is 6.17. The summed E-state index contributed by atoms with van der Waals surface area (Å²) in [5, 5.41) is 15.9. The van der Waals surface area contributed by atoms with Crippen molar-refractivity contribution in [1.82, 2.24) is 15.1 Å². The quantitative estimate of drug-likeness (QED) is 0.625. The SMILES string of the molecule is Cc1nn(C)c(Cl)c1/C=C/C(=O)NCC(O)C(N)=O. The fraction of sp³-hybridized carbons (Fsp3) is 0.364. The van der Waals surface area contributed by atoms with Crippen LogP contribution in [0.25, 0.3) is 6.08 Å². The minimum Gasteiger partial charge on any atom is -0.381 e. The van der Waals surface area contributed by atoms with Gasteiger partial charge >= 0.3 is 0 Å². The van der Waals surface area contributed by atoms with E-state index in [2.05, 4.69) is 10.4 Å². The van der Waals surface area contributed by atoms with Crippen molar-refractivity contribution in [2.45, 2.75) is 13.0 Å². The first-order chi connectivity index (χ1) is 8.82. The number of hydrogen-bond donors (Lipinski definition) is 3. The van der Waals surface area contributed by atoms with Crippen LogP contribution in [-0.4, -0.2) is 39.4 Å². The maximum atomic E-state index is 11.4. The number of hydrogen-bond acceptors (Lipinski definition) is 4. The number of carbonyl (C=O) groups excluding carboxylic acids is 2. The zero-order valence-electron chi connectivity index (χ0n) is 10.6. The topological polar surface area (TPSA) is 110 Å². The average Bonchev–Trinajstić information content (AvgIpc) is 2.58. The molecule has 0 spiro atoms. The number of primary amides is 1. The minimum atomic E-state index is -1.40. The molecular weight excluding hydrogens is 272 g/mol. The van der Waals surface area contributed by atoms with E-state index in [4.69, 9.17) is 22.4 Å². The average molecular weight is 287 g/mol. The Kier molecular flexibility index (Phi) is 5.08. The van der Waals surface area contributed by atoms with Crippen LogP contribution in [0.4, 0.5) is 0 Å². The lowest BCUT2D eigenvalue weighted by Crippen LogP contribution is -2.39. The van der Waals surface area contributed by atoms with Gasteiger partial charge in [0.1, 0.15) is 11.3 Å². The Labute approximate surface area is 115 Å². The molecule has 1 rings (SSSR count). The van der Waals surface area contributed by atoms with Crippen LogP contribution >= 0.6 is 11.6 Å². The van der Waals surface area contributed by atoms with E-state index < -0.39 is 17.9 Å². The third-order valence-corrected chi connectivity index (χ3v) is 2.84. The molecule has 1 aromatic heterocycles. The summed E-state index contributed by atoms with van der Waals surface area (Å²) in [4.78, 5) is 22.0. The second-order valence-corrected chi connectivity index (χ2v) is 4.27. The molecule has 0 bridgehead atoms. The molecule has 0 aromatic carbocycles. The van der Waals surface area contributed by atoms with Gasteiger partial charge in [0.05, 0.1) is 12.2 Å². The highest BCUT2D eigenvalue weighted by Crippen LogP contribution is 2.19. The van der Waals surface area contributed by atoms with Gasteiger partial charge in [0.2, 0.25) is 11.8 Å². The molecule has 0 fully saturated rings. The van der Waals surface area contributed by atoms with Crippen LogP contribution < -0.4 is 11.1 Å². The predicted molar refractivity (Wildman–Crippen MR) is 70.2 cm³/mol. The summed E-state index contributed by atoms with van der Waals surface area (Å²) in [6, 6.07) is 0. The highest BCUT2D eigenvalue weighted by molar-refractivity contribution is 6.31. The number of halogens is 1. The predicted octanol–water partition coefficient (Wildman–Crippen LogP) is -0.642. The molecule has 7 nitrogen and oxygen atoms in total. The third kappa shape index (κ3) is 4.08. The molecule has 0 radical (unpaired) electrons. The van der Waals surface area contributed by atoms with Crippen LogP contribution in [0.2, 0.25) is 5.15 Å². The van der Waals surface area contributed by atoms with E-state index >= 15 is 0 Å². The van der Waals surface area contributed by atoms with Gasteiger partial charge in [-0.05, 0) is 13.0 Å². The lowest BCUT2D eigenvalue weighted by Gasteiger charge is -2.05. The summed E-state index contributed by atoms with van der Waals surface area (Å²) < 4.78 is 1.49. The van der Waals surface area contributed by atoms with Gasteiger partial charge in [-0.3, -0.25) is 14.3 Å². The Morgan fingerprint density at radius 1 is 1.63 bits per heavy atom. The first kappa shape index (κ1) is 15.2. The van der Waals surface area contributed by atoms with E-state index in [1.807, 2.05) is 0 Å². The van der Waals surface area contributed by atoms with E-state index in [-0.39, 0.29) is 6.54 Å². The highest BCUT2D eigenvalue weighted by atomic mass is 35.5. The second-order valence-electron chi connectivity index (χ2n) is 3.91. The monoisotopic (exact) mass is 286 g/mol. The summed E-state index contributed by atoms with van der Waals surface area (Å²) in [6.45, 7) is 1.53. The Morgan fingerprint density at radius 3 is 2.74 bits per heavy atom. The molecule has 0 aliphatic carbocycles. The zero-order valence-corrected chi connectivity index (χ0v) is 11.3. The number of aliphatic hydroxyl groups excluding tert-OH is 1. The van der Waals surface area contributed by atoms with Gasteiger partial charge < -0.3 is 16.2 Å². The molecule has 0 saturated heterocycles. The molecule has 0 aliphatic rings. The minimum absolute atomic E-state index is 0.238. The van der Waals surface area contributed by atoms with E-state index in [0.29, 0.717) is 16.4 Å². The molecule has 1 aromatic rings. The Balaban J connectivity index is 2.62. The fourth-order valence-electron chi connectivity index (χ4n) is 1.35. The smallest absolute Gasteiger partial charge is 0.248 e. The van der Waals surface area contributed by atoms with Gasteiger partial charge in [0.25, 0.3) is 0 Å². The Bertz CT molecular complexity index is 524. The third-order valence-electron chi connectivity index (χ3n) is 2.40. The van der Waals surface area contributed by atoms with Gasteiger partial charge in [-0.2, -0.15) is 5.10 Å². The summed E-state index contributed by atoms with van der Waals surface area (Å²) in [6.07, 6.45) is 1.35.